The van der Waals surface area contributed by atoms with Crippen molar-refractivity contribution in [3.63, 3.8) is 0 Å². The van der Waals surface area contributed by atoms with Gasteiger partial charge in [0.25, 0.3) is 5.91 Å². The zero-order valence-electron chi connectivity index (χ0n) is 25.6. The van der Waals surface area contributed by atoms with Crippen LogP contribution in [0.15, 0.2) is 60.8 Å². The zero-order valence-corrected chi connectivity index (χ0v) is 25.6. The third kappa shape index (κ3) is 10.5. The summed E-state index contributed by atoms with van der Waals surface area (Å²) in [5.74, 6) is -5.03. The van der Waals surface area contributed by atoms with Crippen molar-refractivity contribution < 1.29 is 64.5 Å². The monoisotopic (exact) mass is 704 g/mol. The van der Waals surface area contributed by atoms with Gasteiger partial charge < -0.3 is 20.3 Å². The summed E-state index contributed by atoms with van der Waals surface area (Å²) < 4.78 is 107. The standard InChI is InChI=1S/C29H27F5N4O4.C2HF3O2/c1-17-11-24(42-16-21-22(30)9-6-10-23(21)31)26-36-18(2)25(38(26)14-17)27(39)35-13-20(12-29(32,33)34)37(28(40)41)15-19-7-4-3-5-8-19;3-2(4,5)1(6)7/h3-11,14,20H,12-13,15-16H2,1-2H3,(H,35,39)(H,40,41);(H,6,7). The number of aryl methyl sites for hydroxylation is 2. The molecule has 0 radical (unpaired) electrons. The van der Waals surface area contributed by atoms with Gasteiger partial charge in [-0.2, -0.15) is 26.3 Å². The number of carbonyl (C=O) groups is 3. The number of ether oxygens (including phenoxy) is 1. The van der Waals surface area contributed by atoms with Crippen LogP contribution in [0.1, 0.15) is 39.3 Å². The summed E-state index contributed by atoms with van der Waals surface area (Å²) in [5, 5.41) is 19.3. The van der Waals surface area contributed by atoms with Gasteiger partial charge in [0, 0.05) is 19.3 Å². The number of benzene rings is 2. The maximum Gasteiger partial charge on any atom is 0.490 e. The highest BCUT2D eigenvalue weighted by atomic mass is 19.4. The van der Waals surface area contributed by atoms with E-state index < -0.39 is 67.6 Å². The van der Waals surface area contributed by atoms with E-state index >= 15 is 0 Å². The molecule has 4 aromatic rings. The Morgan fingerprint density at radius 3 is 2.08 bits per heavy atom. The van der Waals surface area contributed by atoms with Gasteiger partial charge in [-0.3, -0.25) is 14.1 Å². The van der Waals surface area contributed by atoms with Crippen molar-refractivity contribution in [2.45, 2.75) is 51.8 Å². The number of fused-ring (bicyclic) bond motifs is 1. The Kier molecular flexibility index (Phi) is 12.1. The largest absolute Gasteiger partial charge is 0.490 e. The quantitative estimate of drug-likeness (QED) is 0.157. The van der Waals surface area contributed by atoms with Crippen LogP contribution in [-0.4, -0.2) is 67.4 Å². The molecule has 1 unspecified atom stereocenters. The van der Waals surface area contributed by atoms with Crippen LogP contribution in [0.5, 0.6) is 5.75 Å². The molecule has 0 fully saturated rings. The van der Waals surface area contributed by atoms with E-state index in [4.69, 9.17) is 14.6 Å². The minimum atomic E-state index is -5.08. The lowest BCUT2D eigenvalue weighted by Gasteiger charge is -2.30. The summed E-state index contributed by atoms with van der Waals surface area (Å²) in [6, 6.07) is 11.5. The molecule has 2 amide bonds. The second-order valence-corrected chi connectivity index (χ2v) is 10.5. The molecule has 0 aliphatic heterocycles. The van der Waals surface area contributed by atoms with Crippen LogP contribution in [0.25, 0.3) is 5.65 Å². The van der Waals surface area contributed by atoms with Crippen LogP contribution in [0, 0.1) is 25.5 Å². The first kappa shape index (κ1) is 38.0. The Balaban J connectivity index is 0.000000838. The van der Waals surface area contributed by atoms with Crippen LogP contribution >= 0.6 is 0 Å². The van der Waals surface area contributed by atoms with E-state index in [1.54, 1.807) is 49.5 Å². The molecule has 0 aliphatic rings. The minimum Gasteiger partial charge on any atom is -0.485 e. The third-order valence-electron chi connectivity index (χ3n) is 6.74. The Hall–Kier alpha value is -5.42. The van der Waals surface area contributed by atoms with E-state index in [9.17, 15) is 49.8 Å². The summed E-state index contributed by atoms with van der Waals surface area (Å²) in [7, 11) is 0. The van der Waals surface area contributed by atoms with Crippen molar-refractivity contribution >= 4 is 23.6 Å². The number of hydrogen-bond acceptors (Lipinski definition) is 5. The number of hydrogen-bond donors (Lipinski definition) is 3. The molecular weight excluding hydrogens is 676 g/mol. The molecule has 0 spiro atoms. The second kappa shape index (κ2) is 15.7. The van der Waals surface area contributed by atoms with E-state index in [-0.39, 0.29) is 34.9 Å². The molecule has 0 saturated carbocycles. The molecule has 4 rings (SSSR count). The molecule has 0 bridgehead atoms. The topological polar surface area (TPSA) is 133 Å². The number of aromatic nitrogens is 2. The number of nitrogens with zero attached hydrogens (tertiary/aromatic N) is 3. The fourth-order valence-electron chi connectivity index (χ4n) is 4.54. The lowest BCUT2D eigenvalue weighted by molar-refractivity contribution is -0.192. The molecular formula is C31H28F8N4O6. The Bertz CT molecular complexity index is 1770. The van der Waals surface area contributed by atoms with Gasteiger partial charge in [-0.25, -0.2) is 23.4 Å². The van der Waals surface area contributed by atoms with Crippen LogP contribution in [0.4, 0.5) is 39.9 Å². The van der Waals surface area contributed by atoms with E-state index in [0.29, 0.717) is 16.0 Å². The van der Waals surface area contributed by atoms with E-state index in [2.05, 4.69) is 10.3 Å². The van der Waals surface area contributed by atoms with Crippen molar-refractivity contribution in [1.82, 2.24) is 19.6 Å². The highest BCUT2D eigenvalue weighted by Gasteiger charge is 2.38. The summed E-state index contributed by atoms with van der Waals surface area (Å²) >= 11 is 0. The molecule has 1 atom stereocenters. The number of carbonyl (C=O) groups excluding carboxylic acids is 1. The number of imidazole rings is 1. The van der Waals surface area contributed by atoms with Crippen LogP contribution in [-0.2, 0) is 17.9 Å². The maximum atomic E-state index is 14.1. The van der Waals surface area contributed by atoms with Crippen molar-refractivity contribution in [3.05, 3.63) is 101 Å². The van der Waals surface area contributed by atoms with Crippen LogP contribution in [0.3, 0.4) is 0 Å². The van der Waals surface area contributed by atoms with Gasteiger partial charge in [0.2, 0.25) is 0 Å². The maximum absolute atomic E-state index is 14.1. The number of halogens is 8. The van der Waals surface area contributed by atoms with Gasteiger partial charge in [-0.15, -0.1) is 0 Å². The number of alkyl halides is 6. The average molecular weight is 705 g/mol. The number of nitrogens with one attached hydrogen (secondary N) is 1. The number of pyridine rings is 1. The molecule has 10 nitrogen and oxygen atoms in total. The summed E-state index contributed by atoms with van der Waals surface area (Å²) in [5.41, 5.74) is 1.09. The van der Waals surface area contributed by atoms with E-state index in [1.807, 2.05) is 0 Å². The van der Waals surface area contributed by atoms with Gasteiger partial charge in [0.05, 0.1) is 23.7 Å². The van der Waals surface area contributed by atoms with Gasteiger partial charge >= 0.3 is 24.4 Å². The fourth-order valence-corrected chi connectivity index (χ4v) is 4.54. The molecule has 0 saturated heterocycles. The van der Waals surface area contributed by atoms with Gasteiger partial charge in [0.15, 0.2) is 11.4 Å². The summed E-state index contributed by atoms with van der Waals surface area (Å²) in [4.78, 5) is 39.2. The first-order valence-electron chi connectivity index (χ1n) is 14.0. The SMILES string of the molecule is Cc1cc(OCc2c(F)cccc2F)c2nc(C)c(C(=O)NCC(CC(F)(F)F)N(Cc3ccccc3)C(=O)O)n2c1.O=C(O)C(F)(F)F. The lowest BCUT2D eigenvalue weighted by atomic mass is 10.1. The molecule has 18 heteroatoms. The molecule has 264 valence electrons. The molecule has 2 aromatic carbocycles. The number of aliphatic carboxylic acids is 1. The third-order valence-corrected chi connectivity index (χ3v) is 6.74. The first-order chi connectivity index (χ1) is 22.8. The smallest absolute Gasteiger partial charge is 0.485 e. The van der Waals surface area contributed by atoms with Gasteiger partial charge in [-0.05, 0) is 43.2 Å². The van der Waals surface area contributed by atoms with E-state index in [1.165, 1.54) is 17.4 Å². The molecule has 3 N–H and O–H groups in total. The first-order valence-corrected chi connectivity index (χ1v) is 14.0. The molecule has 0 aliphatic carbocycles. The number of carboxylic acid groups (broad SMARTS) is 2. The molecule has 49 heavy (non-hydrogen) atoms. The predicted molar refractivity (Wildman–Crippen MR) is 156 cm³/mol. The Morgan fingerprint density at radius 1 is 0.959 bits per heavy atom. The van der Waals surface area contributed by atoms with Crippen molar-refractivity contribution in [2.75, 3.05) is 6.54 Å². The Morgan fingerprint density at radius 2 is 1.55 bits per heavy atom. The zero-order chi connectivity index (χ0) is 36.7. The number of rotatable bonds is 10. The highest BCUT2D eigenvalue weighted by Crippen LogP contribution is 2.27. The average Bonchev–Trinajstić information content (AvgIpc) is 3.32. The van der Waals surface area contributed by atoms with Crippen molar-refractivity contribution in [3.8, 4) is 5.75 Å². The van der Waals surface area contributed by atoms with E-state index in [0.717, 1.165) is 12.1 Å². The number of carboxylic acids is 1. The summed E-state index contributed by atoms with van der Waals surface area (Å²) in [6.07, 6.45) is -11.3. The minimum absolute atomic E-state index is 0.0219. The van der Waals surface area contributed by atoms with Gasteiger partial charge in [0.1, 0.15) is 23.9 Å². The Labute approximate surface area is 272 Å². The van der Waals surface area contributed by atoms with Crippen molar-refractivity contribution in [1.29, 1.82) is 0 Å². The summed E-state index contributed by atoms with van der Waals surface area (Å²) in [6.45, 7) is 1.77. The van der Waals surface area contributed by atoms with Crippen LogP contribution < -0.4 is 10.1 Å². The second-order valence-electron chi connectivity index (χ2n) is 10.5. The van der Waals surface area contributed by atoms with Crippen molar-refractivity contribution in [2.24, 2.45) is 0 Å². The molecule has 2 aromatic heterocycles. The predicted octanol–water partition coefficient (Wildman–Crippen LogP) is 6.67. The molecule has 2 heterocycles. The van der Waals surface area contributed by atoms with Gasteiger partial charge in [-0.1, -0.05) is 36.4 Å². The highest BCUT2D eigenvalue weighted by molar-refractivity contribution is 5.95. The number of amides is 2. The van der Waals surface area contributed by atoms with Crippen LogP contribution in [0.2, 0.25) is 0 Å². The fraction of sp³-hybridized carbons (Fsp3) is 0.290. The normalized spacial score (nSPS) is 12.1. The lowest BCUT2D eigenvalue weighted by Crippen LogP contribution is -2.48.